The molecule has 3 heteroatoms. The molecule has 0 heterocycles. The third-order valence-electron chi connectivity index (χ3n) is 2.34. The highest BCUT2D eigenvalue weighted by Gasteiger charge is 1.98. The van der Waals surface area contributed by atoms with E-state index in [-0.39, 0.29) is 12.6 Å². The average Bonchev–Trinajstić information content (AvgIpc) is 2.29. The van der Waals surface area contributed by atoms with E-state index in [2.05, 4.69) is 35.8 Å². The van der Waals surface area contributed by atoms with Gasteiger partial charge in [0.15, 0.2) is 0 Å². The lowest BCUT2D eigenvalue weighted by Crippen LogP contribution is -2.30. The summed E-state index contributed by atoms with van der Waals surface area (Å²) in [6.07, 6.45) is 3.10. The molecule has 0 amide bonds. The topological polar surface area (TPSA) is 32.3 Å². The average molecular weight is 225 g/mol. The van der Waals surface area contributed by atoms with Crippen molar-refractivity contribution in [1.82, 2.24) is 5.32 Å². The first-order chi connectivity index (χ1) is 7.26. The van der Waals surface area contributed by atoms with Crippen LogP contribution in [0.2, 0.25) is 0 Å². The molecule has 0 aliphatic carbocycles. The molecule has 1 aromatic rings. The summed E-state index contributed by atoms with van der Waals surface area (Å²) in [6, 6.07) is 8.81. The lowest BCUT2D eigenvalue weighted by Gasteiger charge is -2.10. The molecular formula is C12H19NOS. The Hall–Kier alpha value is -0.510. The molecule has 1 unspecified atom stereocenters. The largest absolute Gasteiger partial charge is 0.395 e. The van der Waals surface area contributed by atoms with E-state index in [1.54, 1.807) is 11.8 Å². The molecule has 0 aliphatic rings. The Morgan fingerprint density at radius 2 is 2.00 bits per heavy atom. The van der Waals surface area contributed by atoms with Crippen molar-refractivity contribution in [2.24, 2.45) is 0 Å². The van der Waals surface area contributed by atoms with E-state index in [0.717, 1.165) is 13.0 Å². The number of nitrogens with one attached hydrogen (secondary N) is 1. The summed E-state index contributed by atoms with van der Waals surface area (Å²) in [4.78, 5) is 1.30. The maximum atomic E-state index is 8.84. The molecule has 2 nitrogen and oxygen atoms in total. The first-order valence-electron chi connectivity index (χ1n) is 5.23. The zero-order valence-corrected chi connectivity index (χ0v) is 10.2. The van der Waals surface area contributed by atoms with Crippen molar-refractivity contribution in [1.29, 1.82) is 0 Å². The van der Waals surface area contributed by atoms with E-state index in [0.29, 0.717) is 0 Å². The molecule has 0 saturated carbocycles. The Morgan fingerprint density at radius 3 is 2.53 bits per heavy atom. The van der Waals surface area contributed by atoms with Crippen LogP contribution in [0.25, 0.3) is 0 Å². The number of benzene rings is 1. The van der Waals surface area contributed by atoms with Gasteiger partial charge in [-0.2, -0.15) is 0 Å². The van der Waals surface area contributed by atoms with Crippen LogP contribution in [0.1, 0.15) is 12.5 Å². The minimum absolute atomic E-state index is 0.190. The van der Waals surface area contributed by atoms with Crippen LogP contribution in [0.15, 0.2) is 29.2 Å². The Balaban J connectivity index is 2.31. The molecule has 0 aromatic heterocycles. The van der Waals surface area contributed by atoms with Gasteiger partial charge in [-0.15, -0.1) is 11.8 Å². The predicted molar refractivity (Wildman–Crippen MR) is 66.5 cm³/mol. The molecule has 0 saturated heterocycles. The van der Waals surface area contributed by atoms with Gasteiger partial charge in [0.25, 0.3) is 0 Å². The molecule has 0 radical (unpaired) electrons. The molecule has 84 valence electrons. The van der Waals surface area contributed by atoms with Gasteiger partial charge in [0.05, 0.1) is 6.61 Å². The first-order valence-corrected chi connectivity index (χ1v) is 6.46. The number of aliphatic hydroxyl groups excluding tert-OH is 1. The van der Waals surface area contributed by atoms with Crippen molar-refractivity contribution < 1.29 is 5.11 Å². The Labute approximate surface area is 96.1 Å². The van der Waals surface area contributed by atoms with E-state index < -0.39 is 0 Å². The second-order valence-electron chi connectivity index (χ2n) is 3.64. The zero-order valence-electron chi connectivity index (χ0n) is 9.36. The monoisotopic (exact) mass is 225 g/mol. The fourth-order valence-corrected chi connectivity index (χ4v) is 1.73. The molecule has 1 aromatic carbocycles. The van der Waals surface area contributed by atoms with Crippen LogP contribution >= 0.6 is 11.8 Å². The summed E-state index contributed by atoms with van der Waals surface area (Å²) in [6.45, 7) is 3.10. The van der Waals surface area contributed by atoms with Crippen LogP contribution in [-0.2, 0) is 6.42 Å². The van der Waals surface area contributed by atoms with Gasteiger partial charge in [0.2, 0.25) is 0 Å². The van der Waals surface area contributed by atoms with Crippen LogP contribution < -0.4 is 5.32 Å². The molecule has 1 rings (SSSR count). The van der Waals surface area contributed by atoms with E-state index in [1.807, 2.05) is 6.92 Å². The fourth-order valence-electron chi connectivity index (χ4n) is 1.32. The molecule has 15 heavy (non-hydrogen) atoms. The quantitative estimate of drug-likeness (QED) is 0.726. The van der Waals surface area contributed by atoms with Crippen molar-refractivity contribution in [3.8, 4) is 0 Å². The number of hydrogen-bond donors (Lipinski definition) is 2. The maximum absolute atomic E-state index is 8.84. The van der Waals surface area contributed by atoms with Gasteiger partial charge in [-0.25, -0.2) is 0 Å². The van der Waals surface area contributed by atoms with Gasteiger partial charge in [0, 0.05) is 10.9 Å². The van der Waals surface area contributed by atoms with Crippen LogP contribution in [0.5, 0.6) is 0 Å². The number of thioether (sulfide) groups is 1. The van der Waals surface area contributed by atoms with Crippen LogP contribution in [-0.4, -0.2) is 30.6 Å². The van der Waals surface area contributed by atoms with Gasteiger partial charge in [-0.1, -0.05) is 12.1 Å². The Kier molecular flexibility index (Phi) is 5.76. The van der Waals surface area contributed by atoms with Crippen LogP contribution in [0.4, 0.5) is 0 Å². The SMILES string of the molecule is CSc1ccc(CCNC(C)CO)cc1. The minimum Gasteiger partial charge on any atom is -0.395 e. The number of rotatable bonds is 6. The molecule has 0 spiro atoms. The van der Waals surface area contributed by atoms with Crippen LogP contribution in [0, 0.1) is 0 Å². The lowest BCUT2D eigenvalue weighted by atomic mass is 10.1. The standard InChI is InChI=1S/C12H19NOS/c1-10(9-14)13-8-7-11-3-5-12(15-2)6-4-11/h3-6,10,13-14H,7-9H2,1-2H3. The number of aliphatic hydroxyl groups is 1. The summed E-state index contributed by atoms with van der Waals surface area (Å²) in [5.74, 6) is 0. The Morgan fingerprint density at radius 1 is 1.33 bits per heavy atom. The molecular weight excluding hydrogens is 206 g/mol. The highest BCUT2D eigenvalue weighted by atomic mass is 32.2. The van der Waals surface area contributed by atoms with Gasteiger partial charge < -0.3 is 10.4 Å². The fraction of sp³-hybridized carbons (Fsp3) is 0.500. The van der Waals surface area contributed by atoms with Crippen molar-refractivity contribution in [3.63, 3.8) is 0 Å². The minimum atomic E-state index is 0.190. The molecule has 0 bridgehead atoms. The van der Waals surface area contributed by atoms with Gasteiger partial charge in [-0.05, 0) is 43.8 Å². The summed E-state index contributed by atoms with van der Waals surface area (Å²) >= 11 is 1.76. The summed E-state index contributed by atoms with van der Waals surface area (Å²) in [5, 5.41) is 12.1. The summed E-state index contributed by atoms with van der Waals surface area (Å²) in [5.41, 5.74) is 1.34. The zero-order chi connectivity index (χ0) is 11.1. The van der Waals surface area contributed by atoms with Gasteiger partial charge in [-0.3, -0.25) is 0 Å². The lowest BCUT2D eigenvalue weighted by molar-refractivity contribution is 0.252. The normalized spacial score (nSPS) is 12.7. The van der Waals surface area contributed by atoms with E-state index >= 15 is 0 Å². The number of hydrogen-bond acceptors (Lipinski definition) is 3. The van der Waals surface area contributed by atoms with E-state index in [1.165, 1.54) is 10.5 Å². The smallest absolute Gasteiger partial charge is 0.0581 e. The molecule has 2 N–H and O–H groups in total. The van der Waals surface area contributed by atoms with Crippen molar-refractivity contribution >= 4 is 11.8 Å². The third-order valence-corrected chi connectivity index (χ3v) is 3.08. The van der Waals surface area contributed by atoms with Crippen molar-refractivity contribution in [3.05, 3.63) is 29.8 Å². The van der Waals surface area contributed by atoms with Gasteiger partial charge >= 0.3 is 0 Å². The Bertz CT molecular complexity index is 273. The van der Waals surface area contributed by atoms with E-state index in [9.17, 15) is 0 Å². The van der Waals surface area contributed by atoms with Crippen molar-refractivity contribution in [2.75, 3.05) is 19.4 Å². The molecule has 1 atom stereocenters. The summed E-state index contributed by atoms with van der Waals surface area (Å²) < 4.78 is 0. The second kappa shape index (κ2) is 6.88. The highest BCUT2D eigenvalue weighted by molar-refractivity contribution is 7.98. The van der Waals surface area contributed by atoms with Gasteiger partial charge in [0.1, 0.15) is 0 Å². The second-order valence-corrected chi connectivity index (χ2v) is 4.52. The first kappa shape index (κ1) is 12.6. The maximum Gasteiger partial charge on any atom is 0.0581 e. The molecule has 0 aliphatic heterocycles. The third kappa shape index (κ3) is 4.69. The van der Waals surface area contributed by atoms with Crippen molar-refractivity contribution in [2.45, 2.75) is 24.3 Å². The van der Waals surface area contributed by atoms with E-state index in [4.69, 9.17) is 5.11 Å². The highest BCUT2D eigenvalue weighted by Crippen LogP contribution is 2.14. The van der Waals surface area contributed by atoms with Crippen LogP contribution in [0.3, 0.4) is 0 Å². The predicted octanol–water partition coefficient (Wildman–Crippen LogP) is 1.92. The molecule has 0 fully saturated rings. The summed E-state index contributed by atoms with van der Waals surface area (Å²) in [7, 11) is 0.